The Labute approximate surface area is 101 Å². The van der Waals surface area contributed by atoms with E-state index in [0.29, 0.717) is 12.0 Å². The quantitative estimate of drug-likeness (QED) is 0.554. The van der Waals surface area contributed by atoms with Crippen LogP contribution < -0.4 is 5.32 Å². The molecule has 16 heavy (non-hydrogen) atoms. The van der Waals surface area contributed by atoms with Crippen LogP contribution in [0.25, 0.3) is 0 Å². The highest BCUT2D eigenvalue weighted by Crippen LogP contribution is 2.02. The molecule has 0 fully saturated rings. The molecule has 0 heterocycles. The molecule has 0 aromatic rings. The van der Waals surface area contributed by atoms with E-state index in [9.17, 15) is 0 Å². The summed E-state index contributed by atoms with van der Waals surface area (Å²) >= 11 is 0. The zero-order valence-corrected chi connectivity index (χ0v) is 11.4. The van der Waals surface area contributed by atoms with Crippen molar-refractivity contribution in [3.63, 3.8) is 0 Å². The van der Waals surface area contributed by atoms with Crippen molar-refractivity contribution in [1.29, 1.82) is 0 Å². The predicted octanol–water partition coefficient (Wildman–Crippen LogP) is 2.45. The zero-order chi connectivity index (χ0) is 12.2. The van der Waals surface area contributed by atoms with E-state index in [0.717, 1.165) is 39.1 Å². The fraction of sp³-hybridized carbons (Fsp3) is 1.00. The molecule has 0 amide bonds. The van der Waals surface area contributed by atoms with Gasteiger partial charge in [-0.25, -0.2) is 0 Å². The SMILES string of the molecule is CCCC(CNCC(C)C)OCCCOC. The van der Waals surface area contributed by atoms with Crippen LogP contribution >= 0.6 is 0 Å². The minimum Gasteiger partial charge on any atom is -0.385 e. The summed E-state index contributed by atoms with van der Waals surface area (Å²) in [4.78, 5) is 0. The molecule has 1 N–H and O–H groups in total. The minimum atomic E-state index is 0.362. The average molecular weight is 231 g/mol. The molecule has 0 aromatic carbocycles. The van der Waals surface area contributed by atoms with Gasteiger partial charge < -0.3 is 14.8 Å². The predicted molar refractivity (Wildman–Crippen MR) is 68.8 cm³/mol. The first-order chi connectivity index (χ1) is 7.70. The average Bonchev–Trinajstić information content (AvgIpc) is 2.23. The lowest BCUT2D eigenvalue weighted by Crippen LogP contribution is -2.31. The molecular weight excluding hydrogens is 202 g/mol. The first-order valence-corrected chi connectivity index (χ1v) is 6.51. The van der Waals surface area contributed by atoms with Gasteiger partial charge >= 0.3 is 0 Å². The van der Waals surface area contributed by atoms with E-state index in [1.165, 1.54) is 6.42 Å². The molecule has 0 aromatic heterocycles. The first-order valence-electron chi connectivity index (χ1n) is 6.51. The Morgan fingerprint density at radius 1 is 1.12 bits per heavy atom. The summed E-state index contributed by atoms with van der Waals surface area (Å²) < 4.78 is 10.8. The molecule has 0 rings (SSSR count). The maximum atomic E-state index is 5.82. The highest BCUT2D eigenvalue weighted by atomic mass is 16.5. The van der Waals surface area contributed by atoms with Crippen LogP contribution in [0.4, 0.5) is 0 Å². The molecule has 0 saturated heterocycles. The molecule has 0 aliphatic rings. The molecule has 0 spiro atoms. The van der Waals surface area contributed by atoms with Gasteiger partial charge in [0, 0.05) is 26.9 Å². The van der Waals surface area contributed by atoms with Gasteiger partial charge in [-0.05, 0) is 25.3 Å². The van der Waals surface area contributed by atoms with Crippen LogP contribution in [0.15, 0.2) is 0 Å². The van der Waals surface area contributed by atoms with E-state index in [4.69, 9.17) is 9.47 Å². The van der Waals surface area contributed by atoms with Crippen molar-refractivity contribution < 1.29 is 9.47 Å². The molecule has 0 aliphatic heterocycles. The van der Waals surface area contributed by atoms with Crippen LogP contribution in [0.5, 0.6) is 0 Å². The van der Waals surface area contributed by atoms with Gasteiger partial charge in [0.2, 0.25) is 0 Å². The lowest BCUT2D eigenvalue weighted by molar-refractivity contribution is 0.0341. The second-order valence-electron chi connectivity index (χ2n) is 4.68. The Morgan fingerprint density at radius 3 is 2.44 bits per heavy atom. The summed E-state index contributed by atoms with van der Waals surface area (Å²) in [5.41, 5.74) is 0. The molecule has 0 aliphatic carbocycles. The molecule has 98 valence electrons. The van der Waals surface area contributed by atoms with Crippen molar-refractivity contribution in [3.8, 4) is 0 Å². The smallest absolute Gasteiger partial charge is 0.0699 e. The third kappa shape index (κ3) is 10.4. The normalized spacial score (nSPS) is 13.3. The standard InChI is InChI=1S/C13H29NO2/c1-5-7-13(11-14-10-12(2)3)16-9-6-8-15-4/h12-14H,5-11H2,1-4H3. The summed E-state index contributed by atoms with van der Waals surface area (Å²) in [7, 11) is 1.73. The van der Waals surface area contributed by atoms with E-state index < -0.39 is 0 Å². The largest absolute Gasteiger partial charge is 0.385 e. The third-order valence-electron chi connectivity index (χ3n) is 2.38. The summed E-state index contributed by atoms with van der Waals surface area (Å²) in [5, 5.41) is 3.45. The van der Waals surface area contributed by atoms with Crippen molar-refractivity contribution in [2.75, 3.05) is 33.4 Å². The number of hydrogen-bond donors (Lipinski definition) is 1. The number of rotatable bonds is 11. The van der Waals surface area contributed by atoms with Gasteiger partial charge in [0.15, 0.2) is 0 Å². The molecule has 0 saturated carbocycles. The summed E-state index contributed by atoms with van der Waals surface area (Å²) in [6.45, 7) is 10.3. The van der Waals surface area contributed by atoms with Crippen LogP contribution in [0.3, 0.4) is 0 Å². The monoisotopic (exact) mass is 231 g/mol. The second-order valence-corrected chi connectivity index (χ2v) is 4.68. The van der Waals surface area contributed by atoms with Crippen molar-refractivity contribution in [1.82, 2.24) is 5.32 Å². The van der Waals surface area contributed by atoms with E-state index in [1.807, 2.05) is 0 Å². The zero-order valence-electron chi connectivity index (χ0n) is 11.4. The lowest BCUT2D eigenvalue weighted by atomic mass is 10.2. The molecule has 1 atom stereocenters. The van der Waals surface area contributed by atoms with Gasteiger partial charge in [-0.1, -0.05) is 27.2 Å². The Morgan fingerprint density at radius 2 is 1.88 bits per heavy atom. The maximum absolute atomic E-state index is 5.82. The van der Waals surface area contributed by atoms with Gasteiger partial charge in [-0.3, -0.25) is 0 Å². The first kappa shape index (κ1) is 15.9. The van der Waals surface area contributed by atoms with Crippen LogP contribution in [-0.4, -0.2) is 39.5 Å². The lowest BCUT2D eigenvalue weighted by Gasteiger charge is -2.18. The minimum absolute atomic E-state index is 0.362. The molecule has 0 bridgehead atoms. The fourth-order valence-electron chi connectivity index (χ4n) is 1.55. The third-order valence-corrected chi connectivity index (χ3v) is 2.38. The number of ether oxygens (including phenoxy) is 2. The van der Waals surface area contributed by atoms with Crippen molar-refractivity contribution in [2.24, 2.45) is 5.92 Å². The Hall–Kier alpha value is -0.120. The number of hydrogen-bond acceptors (Lipinski definition) is 3. The van der Waals surface area contributed by atoms with Crippen LogP contribution in [0.1, 0.15) is 40.0 Å². The van der Waals surface area contributed by atoms with E-state index in [1.54, 1.807) is 7.11 Å². The van der Waals surface area contributed by atoms with E-state index >= 15 is 0 Å². The molecule has 3 nitrogen and oxygen atoms in total. The summed E-state index contributed by atoms with van der Waals surface area (Å²) in [5.74, 6) is 0.704. The highest BCUT2D eigenvalue weighted by molar-refractivity contribution is 4.62. The van der Waals surface area contributed by atoms with E-state index in [2.05, 4.69) is 26.1 Å². The van der Waals surface area contributed by atoms with Gasteiger partial charge in [-0.2, -0.15) is 0 Å². The van der Waals surface area contributed by atoms with Gasteiger partial charge in [0.1, 0.15) is 0 Å². The highest BCUT2D eigenvalue weighted by Gasteiger charge is 2.07. The van der Waals surface area contributed by atoms with Crippen LogP contribution in [0, 0.1) is 5.92 Å². The fourth-order valence-corrected chi connectivity index (χ4v) is 1.55. The molecular formula is C13H29NO2. The van der Waals surface area contributed by atoms with Crippen molar-refractivity contribution >= 4 is 0 Å². The summed E-state index contributed by atoms with van der Waals surface area (Å²) in [6.07, 6.45) is 3.66. The van der Waals surface area contributed by atoms with Crippen LogP contribution in [0.2, 0.25) is 0 Å². The Kier molecular flexibility index (Phi) is 11.3. The molecule has 3 heteroatoms. The van der Waals surface area contributed by atoms with Gasteiger partial charge in [-0.15, -0.1) is 0 Å². The topological polar surface area (TPSA) is 30.5 Å². The number of nitrogens with one attached hydrogen (secondary N) is 1. The van der Waals surface area contributed by atoms with Crippen molar-refractivity contribution in [2.45, 2.75) is 46.1 Å². The summed E-state index contributed by atoms with van der Waals surface area (Å²) in [6, 6.07) is 0. The molecule has 1 unspecified atom stereocenters. The molecule has 0 radical (unpaired) electrons. The van der Waals surface area contributed by atoms with Crippen LogP contribution in [-0.2, 0) is 9.47 Å². The Bertz CT molecular complexity index is 140. The number of methoxy groups -OCH3 is 1. The Balaban J connectivity index is 3.53. The second kappa shape index (κ2) is 11.4. The maximum Gasteiger partial charge on any atom is 0.0699 e. The van der Waals surface area contributed by atoms with Gasteiger partial charge in [0.25, 0.3) is 0 Å². The van der Waals surface area contributed by atoms with E-state index in [-0.39, 0.29) is 0 Å². The van der Waals surface area contributed by atoms with Crippen molar-refractivity contribution in [3.05, 3.63) is 0 Å². The van der Waals surface area contributed by atoms with Gasteiger partial charge in [0.05, 0.1) is 6.10 Å².